The molecule has 1 aromatic rings. The molecule has 5 N–H and O–H groups in total. The summed E-state index contributed by atoms with van der Waals surface area (Å²) in [5.41, 5.74) is 8.05. The van der Waals surface area contributed by atoms with Gasteiger partial charge in [0.2, 0.25) is 0 Å². The third kappa shape index (κ3) is 3.55. The summed E-state index contributed by atoms with van der Waals surface area (Å²) < 4.78 is 5.25. The Morgan fingerprint density at radius 1 is 1.69 bits per heavy atom. The van der Waals surface area contributed by atoms with Crippen molar-refractivity contribution in [1.29, 1.82) is 0 Å². The second kappa shape index (κ2) is 6.57. The quantitative estimate of drug-likeness (QED) is 0.391. The third-order valence-corrected chi connectivity index (χ3v) is 3.43. The van der Waals surface area contributed by atoms with E-state index in [0.29, 0.717) is 28.9 Å². The van der Waals surface area contributed by atoms with Crippen LogP contribution >= 0.6 is 11.8 Å². The molecule has 0 fully saturated rings. The summed E-state index contributed by atoms with van der Waals surface area (Å²) in [6, 6.07) is 1.62. The highest BCUT2D eigenvalue weighted by Gasteiger charge is 2.14. The van der Waals surface area contributed by atoms with E-state index in [4.69, 9.17) is 16.0 Å². The molecule has 90 valence electrons. The SMILES string of the molecule is CC(CCN)SCc1occc1C(=O)NN. The molecular weight excluding hydrogens is 226 g/mol. The lowest BCUT2D eigenvalue weighted by molar-refractivity contribution is 0.0952. The van der Waals surface area contributed by atoms with E-state index in [0.717, 1.165) is 6.42 Å². The number of nitrogen functional groups attached to an aromatic ring is 1. The van der Waals surface area contributed by atoms with Gasteiger partial charge in [-0.05, 0) is 19.0 Å². The van der Waals surface area contributed by atoms with Crippen LogP contribution in [-0.2, 0) is 5.75 Å². The summed E-state index contributed by atoms with van der Waals surface area (Å²) in [5, 5.41) is 0.448. The smallest absolute Gasteiger partial charge is 0.268 e. The fourth-order valence-corrected chi connectivity index (χ4v) is 2.23. The van der Waals surface area contributed by atoms with E-state index in [1.165, 1.54) is 6.26 Å². The van der Waals surface area contributed by atoms with Crippen molar-refractivity contribution in [3.05, 3.63) is 23.7 Å². The number of nitrogens with one attached hydrogen (secondary N) is 1. The minimum Gasteiger partial charge on any atom is -0.468 e. The first-order chi connectivity index (χ1) is 7.69. The fraction of sp³-hybridized carbons (Fsp3) is 0.500. The molecule has 1 amide bonds. The van der Waals surface area contributed by atoms with Crippen LogP contribution in [-0.4, -0.2) is 17.7 Å². The molecular formula is C10H17N3O2S. The highest BCUT2D eigenvalue weighted by Crippen LogP contribution is 2.22. The highest BCUT2D eigenvalue weighted by atomic mass is 32.2. The van der Waals surface area contributed by atoms with Gasteiger partial charge in [-0.3, -0.25) is 10.2 Å². The molecule has 1 aromatic heterocycles. The predicted molar refractivity (Wildman–Crippen MR) is 64.8 cm³/mol. The zero-order chi connectivity index (χ0) is 12.0. The monoisotopic (exact) mass is 243 g/mol. The van der Waals surface area contributed by atoms with Crippen molar-refractivity contribution < 1.29 is 9.21 Å². The van der Waals surface area contributed by atoms with Crippen LogP contribution in [0.1, 0.15) is 29.5 Å². The van der Waals surface area contributed by atoms with E-state index in [1.807, 2.05) is 0 Å². The zero-order valence-corrected chi connectivity index (χ0v) is 10.0. The third-order valence-electron chi connectivity index (χ3n) is 2.19. The van der Waals surface area contributed by atoms with Gasteiger partial charge in [0, 0.05) is 5.25 Å². The fourth-order valence-electron chi connectivity index (χ4n) is 1.27. The Labute approximate surface area is 98.9 Å². The largest absolute Gasteiger partial charge is 0.468 e. The van der Waals surface area contributed by atoms with E-state index >= 15 is 0 Å². The molecule has 1 atom stereocenters. The van der Waals surface area contributed by atoms with Crippen molar-refractivity contribution in [3.8, 4) is 0 Å². The number of hydrogen-bond acceptors (Lipinski definition) is 5. The van der Waals surface area contributed by atoms with Crippen molar-refractivity contribution in [2.24, 2.45) is 11.6 Å². The average Bonchev–Trinajstić information content (AvgIpc) is 2.74. The van der Waals surface area contributed by atoms with Gasteiger partial charge in [-0.2, -0.15) is 11.8 Å². The van der Waals surface area contributed by atoms with Crippen LogP contribution in [0.3, 0.4) is 0 Å². The van der Waals surface area contributed by atoms with E-state index in [2.05, 4.69) is 12.3 Å². The Bertz CT molecular complexity index is 341. The van der Waals surface area contributed by atoms with Gasteiger partial charge in [0.1, 0.15) is 5.76 Å². The van der Waals surface area contributed by atoms with Crippen molar-refractivity contribution in [3.63, 3.8) is 0 Å². The van der Waals surface area contributed by atoms with Crippen molar-refractivity contribution in [1.82, 2.24) is 5.43 Å². The number of nitrogens with two attached hydrogens (primary N) is 2. The normalized spacial score (nSPS) is 12.4. The van der Waals surface area contributed by atoms with Gasteiger partial charge in [-0.15, -0.1) is 0 Å². The zero-order valence-electron chi connectivity index (χ0n) is 9.23. The average molecular weight is 243 g/mol. The van der Waals surface area contributed by atoms with Gasteiger partial charge < -0.3 is 10.2 Å². The summed E-state index contributed by atoms with van der Waals surface area (Å²) in [5.74, 6) is 6.05. The van der Waals surface area contributed by atoms with Crippen molar-refractivity contribution in [2.45, 2.75) is 24.3 Å². The first kappa shape index (κ1) is 13.1. The molecule has 0 saturated carbocycles. The van der Waals surface area contributed by atoms with Crippen LogP contribution in [0.5, 0.6) is 0 Å². The summed E-state index contributed by atoms with van der Waals surface area (Å²) >= 11 is 1.71. The maximum Gasteiger partial charge on any atom is 0.268 e. The summed E-state index contributed by atoms with van der Waals surface area (Å²) in [6.07, 6.45) is 2.44. The van der Waals surface area contributed by atoms with Crippen LogP contribution < -0.4 is 17.0 Å². The van der Waals surface area contributed by atoms with Crippen molar-refractivity contribution in [2.75, 3.05) is 6.54 Å². The molecule has 0 aromatic carbocycles. The summed E-state index contributed by atoms with van der Waals surface area (Å²) in [4.78, 5) is 11.3. The van der Waals surface area contributed by atoms with Crippen molar-refractivity contribution >= 4 is 17.7 Å². The minimum atomic E-state index is -0.323. The summed E-state index contributed by atoms with van der Waals surface area (Å²) in [7, 11) is 0. The molecule has 1 rings (SSSR count). The maximum absolute atomic E-state index is 11.3. The topological polar surface area (TPSA) is 94.3 Å². The van der Waals surface area contributed by atoms with Gasteiger partial charge >= 0.3 is 0 Å². The molecule has 0 radical (unpaired) electrons. The first-order valence-corrected chi connectivity index (χ1v) is 6.13. The Hall–Kier alpha value is -0.980. The standard InChI is InChI=1S/C10H17N3O2S/c1-7(2-4-11)16-6-9-8(3-5-15-9)10(14)13-12/h3,5,7H,2,4,6,11-12H2,1H3,(H,13,14). The Balaban J connectivity index is 2.54. The Morgan fingerprint density at radius 2 is 2.44 bits per heavy atom. The van der Waals surface area contributed by atoms with E-state index in [-0.39, 0.29) is 5.91 Å². The number of hydrogen-bond donors (Lipinski definition) is 3. The molecule has 1 unspecified atom stereocenters. The molecule has 0 aliphatic carbocycles. The number of carbonyl (C=O) groups excluding carboxylic acids is 1. The van der Waals surface area contributed by atoms with Gasteiger partial charge in [-0.1, -0.05) is 6.92 Å². The van der Waals surface area contributed by atoms with Gasteiger partial charge in [0.05, 0.1) is 17.6 Å². The molecule has 0 aliphatic heterocycles. The molecule has 0 aliphatic rings. The van der Waals surface area contributed by atoms with Gasteiger partial charge in [0.25, 0.3) is 5.91 Å². The number of amides is 1. The molecule has 5 nitrogen and oxygen atoms in total. The van der Waals surface area contributed by atoms with E-state index in [1.54, 1.807) is 17.8 Å². The summed E-state index contributed by atoms with van der Waals surface area (Å²) in [6.45, 7) is 2.77. The molecule has 0 saturated heterocycles. The molecule has 1 heterocycles. The number of furan rings is 1. The van der Waals surface area contributed by atoms with Gasteiger partial charge in [0.15, 0.2) is 0 Å². The Kier molecular flexibility index (Phi) is 5.37. The predicted octanol–water partition coefficient (Wildman–Crippen LogP) is 0.854. The maximum atomic E-state index is 11.3. The lowest BCUT2D eigenvalue weighted by atomic mass is 10.2. The van der Waals surface area contributed by atoms with Crippen LogP contribution in [0, 0.1) is 0 Å². The second-order valence-corrected chi connectivity index (χ2v) is 4.86. The molecule has 16 heavy (non-hydrogen) atoms. The highest BCUT2D eigenvalue weighted by molar-refractivity contribution is 7.99. The lowest BCUT2D eigenvalue weighted by Gasteiger charge is -2.08. The Morgan fingerprint density at radius 3 is 3.06 bits per heavy atom. The van der Waals surface area contributed by atoms with Crippen LogP contribution in [0.25, 0.3) is 0 Å². The molecule has 6 heteroatoms. The van der Waals surface area contributed by atoms with E-state index in [9.17, 15) is 4.79 Å². The van der Waals surface area contributed by atoms with Gasteiger partial charge in [-0.25, -0.2) is 5.84 Å². The molecule has 0 spiro atoms. The minimum absolute atomic E-state index is 0.323. The lowest BCUT2D eigenvalue weighted by Crippen LogP contribution is -2.30. The second-order valence-electron chi connectivity index (χ2n) is 3.43. The molecule has 0 bridgehead atoms. The van der Waals surface area contributed by atoms with E-state index < -0.39 is 0 Å². The van der Waals surface area contributed by atoms with Crippen LogP contribution in [0.2, 0.25) is 0 Å². The van der Waals surface area contributed by atoms with Crippen LogP contribution in [0.15, 0.2) is 16.7 Å². The number of carbonyl (C=O) groups is 1. The first-order valence-electron chi connectivity index (χ1n) is 5.08. The number of hydrazine groups is 1. The van der Waals surface area contributed by atoms with Crippen LogP contribution in [0.4, 0.5) is 0 Å². The number of thioether (sulfide) groups is 1. The number of rotatable bonds is 6.